The van der Waals surface area contributed by atoms with E-state index in [4.69, 9.17) is 4.98 Å². The first kappa shape index (κ1) is 14.2. The Bertz CT molecular complexity index is 936. The molecule has 1 N–H and O–H groups in total. The van der Waals surface area contributed by atoms with Crippen molar-refractivity contribution >= 4 is 37.7 Å². The lowest BCUT2D eigenvalue weighted by Crippen LogP contribution is -2.13. The first-order chi connectivity index (χ1) is 11.3. The normalized spacial score (nSPS) is 12.8. The van der Waals surface area contributed by atoms with Gasteiger partial charge in [0.2, 0.25) is 0 Å². The Morgan fingerprint density at radius 3 is 2.57 bits per heavy atom. The van der Waals surface area contributed by atoms with E-state index in [2.05, 4.69) is 53.0 Å². The van der Waals surface area contributed by atoms with Crippen LogP contribution in [0, 0.1) is 0 Å². The summed E-state index contributed by atoms with van der Waals surface area (Å²) >= 11 is 1.68. The van der Waals surface area contributed by atoms with Crippen LogP contribution in [0.3, 0.4) is 0 Å². The molecule has 2 aromatic heterocycles. The Hall–Kier alpha value is -2.40. The summed E-state index contributed by atoms with van der Waals surface area (Å²) in [5.74, 6) is 1.05. The number of hydrogen-bond donors (Lipinski definition) is 1. The lowest BCUT2D eigenvalue weighted by molar-refractivity contribution is 0.674. The van der Waals surface area contributed by atoms with E-state index in [0.29, 0.717) is 0 Å². The van der Waals surface area contributed by atoms with Gasteiger partial charge in [0, 0.05) is 6.54 Å². The number of imidazole rings is 1. The number of aryl methyl sites for hydroxylation is 1. The lowest BCUT2D eigenvalue weighted by Gasteiger charge is -2.14. The van der Waals surface area contributed by atoms with Crippen LogP contribution in [-0.4, -0.2) is 14.5 Å². The number of thiazole rings is 1. The Kier molecular flexibility index (Phi) is 3.50. The zero-order valence-corrected chi connectivity index (χ0v) is 14.0. The second kappa shape index (κ2) is 5.66. The highest BCUT2D eigenvalue weighted by Crippen LogP contribution is 2.29. The van der Waals surface area contributed by atoms with E-state index in [-0.39, 0.29) is 6.04 Å². The maximum absolute atomic E-state index is 4.81. The molecule has 4 nitrogen and oxygen atoms in total. The van der Waals surface area contributed by atoms with Crippen molar-refractivity contribution in [3.8, 4) is 0 Å². The highest BCUT2D eigenvalue weighted by Gasteiger charge is 2.16. The molecule has 1 atom stereocenters. The van der Waals surface area contributed by atoms with E-state index in [0.717, 1.165) is 28.5 Å². The van der Waals surface area contributed by atoms with Gasteiger partial charge in [-0.3, -0.25) is 0 Å². The van der Waals surface area contributed by atoms with Gasteiger partial charge in [-0.1, -0.05) is 35.6 Å². The van der Waals surface area contributed by atoms with E-state index in [1.807, 2.05) is 24.3 Å². The molecule has 5 heteroatoms. The quantitative estimate of drug-likeness (QED) is 0.584. The number of nitrogens with zero attached hydrogens (tertiary/aromatic N) is 3. The molecule has 2 heterocycles. The van der Waals surface area contributed by atoms with Gasteiger partial charge in [0.05, 0.1) is 27.3 Å². The first-order valence-electron chi connectivity index (χ1n) is 7.83. The summed E-state index contributed by atoms with van der Waals surface area (Å²) in [4.78, 5) is 9.47. The van der Waals surface area contributed by atoms with Gasteiger partial charge in [-0.25, -0.2) is 9.97 Å². The van der Waals surface area contributed by atoms with E-state index in [1.54, 1.807) is 11.3 Å². The topological polar surface area (TPSA) is 42.7 Å². The fourth-order valence-electron chi connectivity index (χ4n) is 2.94. The lowest BCUT2D eigenvalue weighted by atomic mass is 10.3. The van der Waals surface area contributed by atoms with Crippen molar-refractivity contribution in [3.05, 3.63) is 54.4 Å². The number of nitrogens with one attached hydrogen (secondary N) is 1. The summed E-state index contributed by atoms with van der Waals surface area (Å²) in [6.45, 7) is 5.20. The Morgan fingerprint density at radius 1 is 1.04 bits per heavy atom. The number of benzene rings is 2. The van der Waals surface area contributed by atoms with Crippen LogP contribution >= 0.6 is 11.3 Å². The van der Waals surface area contributed by atoms with Crippen LogP contribution in [0.4, 0.5) is 5.13 Å². The van der Waals surface area contributed by atoms with Crippen molar-refractivity contribution in [2.45, 2.75) is 26.4 Å². The summed E-state index contributed by atoms with van der Waals surface area (Å²) in [6, 6.07) is 16.6. The fourth-order valence-corrected chi connectivity index (χ4v) is 3.89. The van der Waals surface area contributed by atoms with E-state index in [1.165, 1.54) is 10.2 Å². The van der Waals surface area contributed by atoms with Gasteiger partial charge in [0.25, 0.3) is 0 Å². The third-order valence-corrected chi connectivity index (χ3v) is 4.99. The predicted molar refractivity (Wildman–Crippen MR) is 97.1 cm³/mol. The number of aromatic nitrogens is 3. The van der Waals surface area contributed by atoms with Crippen LogP contribution in [0.2, 0.25) is 0 Å². The molecule has 116 valence electrons. The average Bonchev–Trinajstić information content (AvgIpc) is 3.14. The molecule has 0 amide bonds. The van der Waals surface area contributed by atoms with Crippen LogP contribution < -0.4 is 5.32 Å². The van der Waals surface area contributed by atoms with Crippen molar-refractivity contribution < 1.29 is 0 Å². The summed E-state index contributed by atoms with van der Waals surface area (Å²) in [6.07, 6.45) is 0. The smallest absolute Gasteiger partial charge is 0.184 e. The van der Waals surface area contributed by atoms with Crippen molar-refractivity contribution in [2.24, 2.45) is 0 Å². The van der Waals surface area contributed by atoms with Gasteiger partial charge in [-0.15, -0.1) is 0 Å². The molecule has 0 saturated heterocycles. The largest absolute Gasteiger partial charge is 0.352 e. The minimum Gasteiger partial charge on any atom is -0.352 e. The Labute approximate surface area is 138 Å². The molecule has 1 unspecified atom stereocenters. The molecule has 0 radical (unpaired) electrons. The zero-order valence-electron chi connectivity index (χ0n) is 13.2. The maximum atomic E-state index is 4.81. The van der Waals surface area contributed by atoms with Crippen LogP contribution in [0.5, 0.6) is 0 Å². The molecule has 0 saturated carbocycles. The predicted octanol–water partition coefficient (Wildman–Crippen LogP) is 4.84. The van der Waals surface area contributed by atoms with E-state index >= 15 is 0 Å². The van der Waals surface area contributed by atoms with Crippen LogP contribution in [0.15, 0.2) is 48.5 Å². The van der Waals surface area contributed by atoms with Crippen molar-refractivity contribution in [1.29, 1.82) is 0 Å². The summed E-state index contributed by atoms with van der Waals surface area (Å²) in [7, 11) is 0. The molecule has 0 spiro atoms. The first-order valence-corrected chi connectivity index (χ1v) is 8.65. The second-order valence-corrected chi connectivity index (χ2v) is 6.59. The minimum absolute atomic E-state index is 0.0999. The highest BCUT2D eigenvalue weighted by molar-refractivity contribution is 7.22. The summed E-state index contributed by atoms with van der Waals surface area (Å²) in [5, 5.41) is 4.45. The second-order valence-electron chi connectivity index (χ2n) is 5.56. The van der Waals surface area contributed by atoms with Gasteiger partial charge >= 0.3 is 0 Å². The van der Waals surface area contributed by atoms with Crippen molar-refractivity contribution in [2.75, 3.05) is 5.32 Å². The molecule has 2 aromatic carbocycles. The molecule has 0 aliphatic rings. The molecule has 0 fully saturated rings. The van der Waals surface area contributed by atoms with Gasteiger partial charge < -0.3 is 9.88 Å². The van der Waals surface area contributed by atoms with E-state index in [9.17, 15) is 0 Å². The van der Waals surface area contributed by atoms with Crippen molar-refractivity contribution in [1.82, 2.24) is 14.5 Å². The van der Waals surface area contributed by atoms with Gasteiger partial charge in [0.15, 0.2) is 5.13 Å². The number of anilines is 1. The summed E-state index contributed by atoms with van der Waals surface area (Å²) in [5.41, 5.74) is 3.27. The molecule has 0 aliphatic heterocycles. The molecular weight excluding hydrogens is 304 g/mol. The van der Waals surface area contributed by atoms with Gasteiger partial charge in [-0.2, -0.15) is 0 Å². The Morgan fingerprint density at radius 2 is 1.78 bits per heavy atom. The van der Waals surface area contributed by atoms with Crippen LogP contribution in [0.25, 0.3) is 21.3 Å². The average molecular weight is 322 g/mol. The monoisotopic (exact) mass is 322 g/mol. The third kappa shape index (κ3) is 2.47. The third-order valence-electron chi connectivity index (χ3n) is 4.02. The number of rotatable bonds is 4. The van der Waals surface area contributed by atoms with Crippen LogP contribution in [0.1, 0.15) is 25.7 Å². The molecule has 0 aliphatic carbocycles. The molecule has 23 heavy (non-hydrogen) atoms. The SMILES string of the molecule is CCn1c(C(C)Nc2nc3ccccc3s2)nc2ccccc21. The maximum Gasteiger partial charge on any atom is 0.184 e. The van der Waals surface area contributed by atoms with Crippen molar-refractivity contribution in [3.63, 3.8) is 0 Å². The number of para-hydroxylation sites is 3. The Balaban J connectivity index is 1.69. The fraction of sp³-hybridized carbons (Fsp3) is 0.222. The molecule has 0 bridgehead atoms. The van der Waals surface area contributed by atoms with Gasteiger partial charge in [-0.05, 0) is 38.1 Å². The zero-order chi connectivity index (χ0) is 15.8. The summed E-state index contributed by atoms with van der Waals surface area (Å²) < 4.78 is 3.46. The van der Waals surface area contributed by atoms with E-state index < -0.39 is 0 Å². The minimum atomic E-state index is 0.0999. The molecular formula is C18H18N4S. The molecule has 4 aromatic rings. The number of fused-ring (bicyclic) bond motifs is 2. The van der Waals surface area contributed by atoms with Gasteiger partial charge in [0.1, 0.15) is 5.82 Å². The van der Waals surface area contributed by atoms with Crippen LogP contribution in [-0.2, 0) is 6.54 Å². The highest BCUT2D eigenvalue weighted by atomic mass is 32.1. The molecule has 4 rings (SSSR count). The standard InChI is InChI=1S/C18H18N4S/c1-3-22-15-10-6-4-8-13(15)20-17(22)12(2)19-18-21-14-9-5-7-11-16(14)23-18/h4-12H,3H2,1-2H3,(H,19,21). The number of hydrogen-bond acceptors (Lipinski definition) is 4.